The molecule has 0 bridgehead atoms. The quantitative estimate of drug-likeness (QED) is 0.540. The highest BCUT2D eigenvalue weighted by Gasteiger charge is 2.29. The number of aromatic nitrogens is 4. The van der Waals surface area contributed by atoms with Crippen LogP contribution in [-0.4, -0.2) is 42.8 Å². The third-order valence-electron chi connectivity index (χ3n) is 5.79. The van der Waals surface area contributed by atoms with E-state index in [1.165, 1.54) is 0 Å². The Balaban J connectivity index is 1.43. The Morgan fingerprint density at radius 3 is 2.82 bits per heavy atom. The van der Waals surface area contributed by atoms with Crippen LogP contribution in [0, 0.1) is 6.92 Å². The Morgan fingerprint density at radius 1 is 1.14 bits per heavy atom. The molecule has 0 radical (unpaired) electrons. The number of fused-ring (bicyclic) bond motifs is 2. The highest BCUT2D eigenvalue weighted by molar-refractivity contribution is 5.93. The molecule has 142 valence electrons. The van der Waals surface area contributed by atoms with E-state index in [9.17, 15) is 4.79 Å². The summed E-state index contributed by atoms with van der Waals surface area (Å²) in [6.45, 7) is 3.47. The molecule has 1 saturated heterocycles. The summed E-state index contributed by atoms with van der Waals surface area (Å²) in [5, 5.41) is 0. The molecule has 4 heterocycles. The van der Waals surface area contributed by atoms with Gasteiger partial charge in [-0.25, -0.2) is 9.97 Å². The van der Waals surface area contributed by atoms with Gasteiger partial charge in [-0.15, -0.1) is 0 Å². The maximum absolute atomic E-state index is 13.1. The Labute approximate surface area is 163 Å². The van der Waals surface area contributed by atoms with Crippen molar-refractivity contribution in [3.8, 4) is 0 Å². The Morgan fingerprint density at radius 2 is 2.00 bits per heavy atom. The maximum Gasteiger partial charge on any atom is 0.274 e. The van der Waals surface area contributed by atoms with Gasteiger partial charge in [0.15, 0.2) is 0 Å². The topological polar surface area (TPSA) is 55.4 Å². The molecule has 1 fully saturated rings. The number of rotatable bonds is 2. The fourth-order valence-electron chi connectivity index (χ4n) is 4.32. The minimum absolute atomic E-state index is 0.00608. The molecule has 0 saturated carbocycles. The summed E-state index contributed by atoms with van der Waals surface area (Å²) in [6, 6.07) is 12.2. The van der Waals surface area contributed by atoms with Crippen molar-refractivity contribution in [1.29, 1.82) is 0 Å². The monoisotopic (exact) mass is 373 g/mol. The van der Waals surface area contributed by atoms with Gasteiger partial charge in [0.25, 0.3) is 5.91 Å². The molecule has 6 heteroatoms. The van der Waals surface area contributed by atoms with Crippen molar-refractivity contribution in [2.75, 3.05) is 13.1 Å². The summed E-state index contributed by atoms with van der Waals surface area (Å²) in [7, 11) is 2.07. The summed E-state index contributed by atoms with van der Waals surface area (Å²) in [4.78, 5) is 24.5. The van der Waals surface area contributed by atoms with Gasteiger partial charge in [-0.05, 0) is 43.5 Å². The molecule has 4 aromatic rings. The number of likely N-dealkylation sites (tertiary alicyclic amines) is 1. The molecule has 28 heavy (non-hydrogen) atoms. The van der Waals surface area contributed by atoms with E-state index in [0.717, 1.165) is 47.5 Å². The van der Waals surface area contributed by atoms with Crippen LogP contribution in [0.3, 0.4) is 0 Å². The standard InChI is InChI=1S/C22H23N5O/c1-15-7-5-11-26-14-18(24-20(15)26)22(28)27-12-6-8-16(13-27)21-23-17-9-3-4-10-19(17)25(21)2/h3-5,7,9-11,14,16H,6,8,12-13H2,1-2H3/t16-/m1/s1. The third kappa shape index (κ3) is 2.68. The minimum atomic E-state index is 0.00608. The van der Waals surface area contributed by atoms with E-state index in [2.05, 4.69) is 22.7 Å². The van der Waals surface area contributed by atoms with E-state index in [1.54, 1.807) is 0 Å². The van der Waals surface area contributed by atoms with Crippen LogP contribution in [0.15, 0.2) is 48.8 Å². The van der Waals surface area contributed by atoms with Crippen molar-refractivity contribution in [3.05, 3.63) is 65.9 Å². The van der Waals surface area contributed by atoms with E-state index in [4.69, 9.17) is 4.98 Å². The van der Waals surface area contributed by atoms with Crippen LogP contribution in [0.25, 0.3) is 16.7 Å². The van der Waals surface area contributed by atoms with Gasteiger partial charge in [0.05, 0.1) is 11.0 Å². The molecule has 0 spiro atoms. The van der Waals surface area contributed by atoms with Gasteiger partial charge >= 0.3 is 0 Å². The maximum atomic E-state index is 13.1. The number of hydrogen-bond acceptors (Lipinski definition) is 3. The number of piperidine rings is 1. The van der Waals surface area contributed by atoms with Crippen LogP contribution in [-0.2, 0) is 7.05 Å². The van der Waals surface area contributed by atoms with Crippen LogP contribution in [0.4, 0.5) is 0 Å². The fraction of sp³-hybridized carbons (Fsp3) is 0.318. The van der Waals surface area contributed by atoms with Crippen LogP contribution in [0.2, 0.25) is 0 Å². The second-order valence-corrected chi connectivity index (χ2v) is 7.66. The number of para-hydroxylation sites is 2. The number of imidazole rings is 2. The Kier molecular flexibility index (Phi) is 3.93. The molecular formula is C22H23N5O. The summed E-state index contributed by atoms with van der Waals surface area (Å²) >= 11 is 0. The Hall–Kier alpha value is -3.15. The molecule has 3 aromatic heterocycles. The fourth-order valence-corrected chi connectivity index (χ4v) is 4.32. The second-order valence-electron chi connectivity index (χ2n) is 7.66. The molecule has 1 aromatic carbocycles. The number of amides is 1. The first-order valence-electron chi connectivity index (χ1n) is 9.77. The number of carbonyl (C=O) groups is 1. The first-order valence-corrected chi connectivity index (χ1v) is 9.77. The van der Waals surface area contributed by atoms with Gasteiger partial charge in [0.1, 0.15) is 17.2 Å². The smallest absolute Gasteiger partial charge is 0.274 e. The average Bonchev–Trinajstić information content (AvgIpc) is 3.30. The lowest BCUT2D eigenvalue weighted by Gasteiger charge is -2.32. The summed E-state index contributed by atoms with van der Waals surface area (Å²) in [6.07, 6.45) is 5.80. The number of aryl methyl sites for hydroxylation is 2. The first kappa shape index (κ1) is 17.0. The molecular weight excluding hydrogens is 350 g/mol. The summed E-state index contributed by atoms with van der Waals surface area (Å²) in [5.41, 5.74) is 4.57. The number of benzene rings is 1. The van der Waals surface area contributed by atoms with Crippen LogP contribution in [0.1, 0.15) is 40.6 Å². The number of hydrogen-bond donors (Lipinski definition) is 0. The molecule has 1 atom stereocenters. The number of carbonyl (C=O) groups excluding carboxylic acids is 1. The van der Waals surface area contributed by atoms with Gasteiger partial charge in [-0.3, -0.25) is 4.79 Å². The predicted octanol–water partition coefficient (Wildman–Crippen LogP) is 3.55. The van der Waals surface area contributed by atoms with E-state index in [1.807, 2.05) is 58.9 Å². The predicted molar refractivity (Wildman–Crippen MR) is 109 cm³/mol. The zero-order chi connectivity index (χ0) is 19.3. The lowest BCUT2D eigenvalue weighted by molar-refractivity contribution is 0.0698. The SMILES string of the molecule is Cc1cccn2cc(C(=O)N3CCC[C@@H](c4nc5ccccc5n4C)C3)nc12. The van der Waals surface area contributed by atoms with E-state index in [-0.39, 0.29) is 11.8 Å². The molecule has 5 rings (SSSR count). The molecule has 0 aliphatic carbocycles. The van der Waals surface area contributed by atoms with E-state index < -0.39 is 0 Å². The Bertz CT molecular complexity index is 1190. The average molecular weight is 373 g/mol. The summed E-state index contributed by atoms with van der Waals surface area (Å²) in [5.74, 6) is 1.31. The molecule has 0 unspecified atom stereocenters. The van der Waals surface area contributed by atoms with Gasteiger partial charge in [-0.2, -0.15) is 0 Å². The van der Waals surface area contributed by atoms with Crippen molar-refractivity contribution in [2.45, 2.75) is 25.7 Å². The normalized spacial score (nSPS) is 17.5. The highest BCUT2D eigenvalue weighted by atomic mass is 16.2. The van der Waals surface area contributed by atoms with Crippen LogP contribution < -0.4 is 0 Å². The first-order chi connectivity index (χ1) is 13.6. The zero-order valence-corrected chi connectivity index (χ0v) is 16.2. The van der Waals surface area contributed by atoms with Gasteiger partial charge < -0.3 is 13.9 Å². The van der Waals surface area contributed by atoms with Crippen molar-refractivity contribution in [1.82, 2.24) is 23.8 Å². The van der Waals surface area contributed by atoms with E-state index in [0.29, 0.717) is 12.2 Å². The number of pyridine rings is 1. The lowest BCUT2D eigenvalue weighted by Crippen LogP contribution is -2.39. The molecule has 1 aliphatic rings. The third-order valence-corrected chi connectivity index (χ3v) is 5.79. The second kappa shape index (κ2) is 6.48. The van der Waals surface area contributed by atoms with Gasteiger partial charge in [0.2, 0.25) is 0 Å². The minimum Gasteiger partial charge on any atom is -0.337 e. The van der Waals surface area contributed by atoms with Crippen molar-refractivity contribution >= 4 is 22.6 Å². The van der Waals surface area contributed by atoms with Crippen molar-refractivity contribution in [3.63, 3.8) is 0 Å². The van der Waals surface area contributed by atoms with Crippen molar-refractivity contribution in [2.24, 2.45) is 7.05 Å². The number of nitrogens with zero attached hydrogens (tertiary/aromatic N) is 5. The van der Waals surface area contributed by atoms with Gasteiger partial charge in [-0.1, -0.05) is 18.2 Å². The van der Waals surface area contributed by atoms with Gasteiger partial charge in [0, 0.05) is 38.4 Å². The highest BCUT2D eigenvalue weighted by Crippen LogP contribution is 2.29. The largest absolute Gasteiger partial charge is 0.337 e. The van der Waals surface area contributed by atoms with Crippen LogP contribution in [0.5, 0.6) is 0 Å². The molecule has 0 N–H and O–H groups in total. The lowest BCUT2D eigenvalue weighted by atomic mass is 9.97. The molecule has 6 nitrogen and oxygen atoms in total. The van der Waals surface area contributed by atoms with Crippen LogP contribution >= 0.6 is 0 Å². The molecule has 1 amide bonds. The zero-order valence-electron chi connectivity index (χ0n) is 16.2. The van der Waals surface area contributed by atoms with Crippen molar-refractivity contribution < 1.29 is 4.79 Å². The van der Waals surface area contributed by atoms with E-state index >= 15 is 0 Å². The summed E-state index contributed by atoms with van der Waals surface area (Å²) < 4.78 is 4.09. The molecule has 1 aliphatic heterocycles.